The van der Waals surface area contributed by atoms with Gasteiger partial charge in [-0.1, -0.05) is 19.9 Å². The summed E-state index contributed by atoms with van der Waals surface area (Å²) >= 11 is 0. The first kappa shape index (κ1) is 20.0. The summed E-state index contributed by atoms with van der Waals surface area (Å²) in [5.41, 5.74) is 3.06. The van der Waals surface area contributed by atoms with Gasteiger partial charge in [0.2, 0.25) is 17.6 Å². The maximum Gasteiger partial charge on any atom is 0.230 e. The summed E-state index contributed by atoms with van der Waals surface area (Å²) in [5.74, 6) is 1.61. The number of nitrogens with zero attached hydrogens (tertiary/aromatic N) is 4. The zero-order valence-electron chi connectivity index (χ0n) is 17.5. The van der Waals surface area contributed by atoms with Crippen LogP contribution in [0.2, 0.25) is 0 Å². The predicted octanol–water partition coefficient (Wildman–Crippen LogP) is 4.09. The number of nitrogens with one attached hydrogen (secondary N) is 2. The Balaban J connectivity index is 1.64. The summed E-state index contributed by atoms with van der Waals surface area (Å²) in [6.45, 7) is 6.79. The van der Waals surface area contributed by atoms with Gasteiger partial charge in [0, 0.05) is 34.5 Å². The van der Waals surface area contributed by atoms with Crippen LogP contribution in [0.3, 0.4) is 0 Å². The van der Waals surface area contributed by atoms with Gasteiger partial charge in [0.15, 0.2) is 0 Å². The van der Waals surface area contributed by atoms with Crippen LogP contribution < -0.4 is 10.1 Å². The molecule has 30 heavy (non-hydrogen) atoms. The van der Waals surface area contributed by atoms with Crippen LogP contribution in [-0.4, -0.2) is 38.1 Å². The van der Waals surface area contributed by atoms with Gasteiger partial charge in [0.05, 0.1) is 6.61 Å². The van der Waals surface area contributed by atoms with Crippen molar-refractivity contribution in [1.29, 1.82) is 0 Å². The zero-order valence-corrected chi connectivity index (χ0v) is 17.5. The van der Waals surface area contributed by atoms with Crippen LogP contribution in [0.1, 0.15) is 40.0 Å². The number of aromatic amines is 1. The van der Waals surface area contributed by atoms with Crippen LogP contribution in [0.4, 0.5) is 5.69 Å². The van der Waals surface area contributed by atoms with Gasteiger partial charge >= 0.3 is 0 Å². The number of H-pyrrole nitrogens is 1. The maximum absolute atomic E-state index is 12.9. The Morgan fingerprint density at radius 2 is 2.07 bits per heavy atom. The van der Waals surface area contributed by atoms with Gasteiger partial charge in [0.1, 0.15) is 0 Å². The van der Waals surface area contributed by atoms with E-state index in [1.54, 1.807) is 6.20 Å². The molecule has 0 unspecified atom stereocenters. The summed E-state index contributed by atoms with van der Waals surface area (Å²) in [4.78, 5) is 17.2. The highest BCUT2D eigenvalue weighted by Gasteiger charge is 2.49. The minimum Gasteiger partial charge on any atom is -0.478 e. The van der Waals surface area contributed by atoms with E-state index in [0.717, 1.165) is 41.6 Å². The van der Waals surface area contributed by atoms with E-state index in [1.807, 2.05) is 37.3 Å². The summed E-state index contributed by atoms with van der Waals surface area (Å²) in [5, 5.41) is 17.5. The number of tetrazole rings is 1. The van der Waals surface area contributed by atoms with Crippen LogP contribution in [0.25, 0.3) is 22.5 Å². The number of carbonyl (C=O) groups is 1. The van der Waals surface area contributed by atoms with Crippen LogP contribution in [0, 0.1) is 11.3 Å². The summed E-state index contributed by atoms with van der Waals surface area (Å²) < 4.78 is 5.43. The molecular formula is C22H26N6O2. The summed E-state index contributed by atoms with van der Waals surface area (Å²) in [6.07, 6.45) is 4.56. The lowest BCUT2D eigenvalue weighted by Crippen LogP contribution is -2.25. The number of amides is 1. The fraction of sp³-hybridized carbons (Fsp3) is 0.409. The molecule has 1 saturated carbocycles. The molecule has 1 aliphatic carbocycles. The first-order valence-electron chi connectivity index (χ1n) is 10.3. The third kappa shape index (κ3) is 4.17. The molecule has 8 heteroatoms. The molecule has 156 valence electrons. The van der Waals surface area contributed by atoms with Crippen molar-refractivity contribution in [1.82, 2.24) is 25.6 Å². The van der Waals surface area contributed by atoms with Crippen LogP contribution in [-0.2, 0) is 4.79 Å². The molecular weight excluding hydrogens is 380 g/mol. The molecule has 0 bridgehead atoms. The van der Waals surface area contributed by atoms with Gasteiger partial charge in [-0.3, -0.25) is 4.79 Å². The minimum absolute atomic E-state index is 0.0887. The van der Waals surface area contributed by atoms with E-state index in [1.165, 1.54) is 0 Å². The molecule has 0 radical (unpaired) electrons. The summed E-state index contributed by atoms with van der Waals surface area (Å²) in [7, 11) is 0. The lowest BCUT2D eigenvalue weighted by atomic mass is 9.93. The number of rotatable bonds is 8. The van der Waals surface area contributed by atoms with E-state index in [2.05, 4.69) is 44.8 Å². The third-order valence-electron chi connectivity index (χ3n) is 5.34. The highest BCUT2D eigenvalue weighted by atomic mass is 16.5. The topological polar surface area (TPSA) is 106 Å². The molecule has 2 heterocycles. The van der Waals surface area contributed by atoms with Crippen molar-refractivity contribution in [2.45, 2.75) is 40.0 Å². The Morgan fingerprint density at radius 1 is 1.23 bits per heavy atom. The molecule has 2 aromatic heterocycles. The van der Waals surface area contributed by atoms with E-state index < -0.39 is 0 Å². The van der Waals surface area contributed by atoms with Gasteiger partial charge in [-0.05, 0) is 61.1 Å². The highest BCUT2D eigenvalue weighted by Crippen LogP contribution is 2.51. The van der Waals surface area contributed by atoms with Gasteiger partial charge in [-0.15, -0.1) is 10.2 Å². The molecule has 3 aromatic rings. The van der Waals surface area contributed by atoms with Crippen molar-refractivity contribution < 1.29 is 9.53 Å². The lowest BCUT2D eigenvalue weighted by molar-refractivity contribution is -0.121. The van der Waals surface area contributed by atoms with Gasteiger partial charge in [-0.25, -0.2) is 4.98 Å². The predicted molar refractivity (Wildman–Crippen MR) is 114 cm³/mol. The Hall–Kier alpha value is -3.29. The molecule has 1 amide bonds. The molecule has 8 nitrogen and oxygen atoms in total. The van der Waals surface area contributed by atoms with Crippen LogP contribution >= 0.6 is 0 Å². The van der Waals surface area contributed by atoms with E-state index in [9.17, 15) is 4.79 Å². The fourth-order valence-corrected chi connectivity index (χ4v) is 3.83. The van der Waals surface area contributed by atoms with E-state index in [0.29, 0.717) is 24.2 Å². The fourth-order valence-electron chi connectivity index (χ4n) is 3.83. The van der Waals surface area contributed by atoms with Crippen molar-refractivity contribution in [2.75, 3.05) is 11.9 Å². The standard InChI is InChI=1S/C22H26N6O2/c1-4-30-19-8-5-15(13-23-19)17-7-6-16(11-18(17)20-25-27-28-26-20)24-21(29)22(9-10-22)12-14(2)3/h5-8,11,13-14H,4,9-10,12H2,1-3H3,(H,24,29)(H,25,26,27,28). The number of ether oxygens (including phenoxy) is 1. The van der Waals surface area contributed by atoms with Crippen molar-refractivity contribution in [3.05, 3.63) is 36.5 Å². The largest absolute Gasteiger partial charge is 0.478 e. The molecule has 1 aliphatic rings. The monoisotopic (exact) mass is 406 g/mol. The Kier molecular flexibility index (Phi) is 5.48. The first-order chi connectivity index (χ1) is 14.5. The number of hydrogen-bond donors (Lipinski definition) is 2. The molecule has 0 spiro atoms. The smallest absolute Gasteiger partial charge is 0.230 e. The normalized spacial score (nSPS) is 14.5. The van der Waals surface area contributed by atoms with E-state index in [4.69, 9.17) is 4.74 Å². The Morgan fingerprint density at radius 3 is 2.67 bits per heavy atom. The van der Waals surface area contributed by atoms with Gasteiger partial charge < -0.3 is 10.1 Å². The molecule has 2 N–H and O–H groups in total. The van der Waals surface area contributed by atoms with Crippen molar-refractivity contribution in [3.8, 4) is 28.4 Å². The SMILES string of the molecule is CCOc1ccc(-c2ccc(NC(=O)C3(CC(C)C)CC3)cc2-c2nn[nH]n2)cn1. The number of aromatic nitrogens is 5. The molecule has 0 atom stereocenters. The maximum atomic E-state index is 12.9. The van der Waals surface area contributed by atoms with E-state index >= 15 is 0 Å². The highest BCUT2D eigenvalue weighted by molar-refractivity contribution is 5.98. The number of carbonyl (C=O) groups excluding carboxylic acids is 1. The molecule has 0 aliphatic heterocycles. The number of benzene rings is 1. The average molecular weight is 406 g/mol. The molecule has 4 rings (SSSR count). The van der Waals surface area contributed by atoms with Crippen molar-refractivity contribution in [2.24, 2.45) is 11.3 Å². The molecule has 1 fully saturated rings. The Bertz CT molecular complexity index is 1010. The second kappa shape index (κ2) is 8.22. The second-order valence-corrected chi connectivity index (χ2v) is 8.15. The minimum atomic E-state index is -0.224. The quantitative estimate of drug-likeness (QED) is 0.584. The van der Waals surface area contributed by atoms with Crippen molar-refractivity contribution >= 4 is 11.6 Å². The second-order valence-electron chi connectivity index (χ2n) is 8.15. The van der Waals surface area contributed by atoms with Crippen molar-refractivity contribution in [3.63, 3.8) is 0 Å². The molecule has 0 saturated heterocycles. The van der Waals surface area contributed by atoms with Crippen LogP contribution in [0.15, 0.2) is 36.5 Å². The van der Waals surface area contributed by atoms with Gasteiger partial charge in [0.25, 0.3) is 0 Å². The van der Waals surface area contributed by atoms with Gasteiger partial charge in [-0.2, -0.15) is 5.21 Å². The molecule has 1 aromatic carbocycles. The lowest BCUT2D eigenvalue weighted by Gasteiger charge is -2.18. The first-order valence-corrected chi connectivity index (χ1v) is 10.3. The Labute approximate surface area is 175 Å². The number of hydrogen-bond acceptors (Lipinski definition) is 6. The van der Waals surface area contributed by atoms with Crippen LogP contribution in [0.5, 0.6) is 5.88 Å². The number of pyridine rings is 1. The zero-order chi connectivity index (χ0) is 21.1. The third-order valence-corrected chi connectivity index (χ3v) is 5.34. The summed E-state index contributed by atoms with van der Waals surface area (Å²) in [6, 6.07) is 9.51. The average Bonchev–Trinajstić information content (AvgIpc) is 3.30. The van der Waals surface area contributed by atoms with E-state index in [-0.39, 0.29) is 11.3 Å². The number of anilines is 1.